The molecule has 0 aliphatic rings. The molecule has 0 saturated carbocycles. The zero-order valence-electron chi connectivity index (χ0n) is 9.40. The van der Waals surface area contributed by atoms with Crippen molar-refractivity contribution in [2.75, 3.05) is 5.32 Å². The van der Waals surface area contributed by atoms with Gasteiger partial charge in [0.05, 0.1) is 0 Å². The van der Waals surface area contributed by atoms with Crippen LogP contribution < -0.4 is 10.6 Å². The number of carbonyl (C=O) groups is 2. The molecule has 0 radical (unpaired) electrons. The summed E-state index contributed by atoms with van der Waals surface area (Å²) in [4.78, 5) is 22.7. The first-order valence-electron chi connectivity index (χ1n) is 4.95. The number of anilines is 1. The van der Waals surface area contributed by atoms with Gasteiger partial charge in [-0.3, -0.25) is 14.9 Å². The lowest BCUT2D eigenvalue weighted by atomic mass is 10.2. The molecule has 1 aromatic rings. The van der Waals surface area contributed by atoms with Gasteiger partial charge in [0.25, 0.3) is 0 Å². The Morgan fingerprint density at radius 3 is 2.56 bits per heavy atom. The maximum Gasteiger partial charge on any atom is 0.315 e. The molecule has 0 aliphatic carbocycles. The summed E-state index contributed by atoms with van der Waals surface area (Å²) in [6.07, 6.45) is 0.775. The fraction of sp³-hybridized carbons (Fsp3) is 0.556. The Bertz CT molecular complexity index is 391. The normalized spacial score (nSPS) is 11.9. The van der Waals surface area contributed by atoms with Crippen LogP contribution in [0.15, 0.2) is 0 Å². The maximum absolute atomic E-state index is 11.4. The van der Waals surface area contributed by atoms with E-state index in [1.165, 1.54) is 11.3 Å². The van der Waals surface area contributed by atoms with Crippen LogP contribution in [0.3, 0.4) is 0 Å². The maximum atomic E-state index is 11.4. The molecule has 1 heterocycles. The molecule has 6 nitrogen and oxygen atoms in total. The molecule has 0 bridgehead atoms. The summed E-state index contributed by atoms with van der Waals surface area (Å²) in [6, 6.07) is -0.0191. The van der Waals surface area contributed by atoms with Crippen LogP contribution in [0.1, 0.15) is 25.3 Å². The zero-order chi connectivity index (χ0) is 12.1. The van der Waals surface area contributed by atoms with E-state index in [-0.39, 0.29) is 6.04 Å². The second-order valence-corrected chi connectivity index (χ2v) is 4.54. The topological polar surface area (TPSA) is 84.0 Å². The summed E-state index contributed by atoms with van der Waals surface area (Å²) in [6.45, 7) is 5.53. The van der Waals surface area contributed by atoms with Crippen molar-refractivity contribution in [3.63, 3.8) is 0 Å². The third kappa shape index (κ3) is 3.58. The van der Waals surface area contributed by atoms with E-state index < -0.39 is 11.8 Å². The second kappa shape index (κ2) is 5.55. The minimum Gasteiger partial charge on any atom is -0.345 e. The Labute approximate surface area is 97.5 Å². The number of aromatic nitrogens is 2. The van der Waals surface area contributed by atoms with Crippen molar-refractivity contribution in [1.82, 2.24) is 15.5 Å². The van der Waals surface area contributed by atoms with Gasteiger partial charge in [-0.2, -0.15) is 0 Å². The van der Waals surface area contributed by atoms with E-state index >= 15 is 0 Å². The Morgan fingerprint density at radius 2 is 2.06 bits per heavy atom. The fourth-order valence-electron chi connectivity index (χ4n) is 0.892. The molecule has 0 saturated heterocycles. The van der Waals surface area contributed by atoms with E-state index in [1.807, 2.05) is 13.8 Å². The van der Waals surface area contributed by atoms with Crippen molar-refractivity contribution < 1.29 is 9.59 Å². The summed E-state index contributed by atoms with van der Waals surface area (Å²) in [5.41, 5.74) is 0. The molecule has 88 valence electrons. The highest BCUT2D eigenvalue weighted by molar-refractivity contribution is 7.15. The standard InChI is InChI=1S/C9H14N4O2S/c1-4-5(2)10-7(14)8(15)11-9-13-12-6(3)16-9/h5H,4H2,1-3H3,(H,10,14)(H,11,13,15)/t5-/m1/s1. The van der Waals surface area contributed by atoms with Crippen LogP contribution in [0.2, 0.25) is 0 Å². The first-order valence-corrected chi connectivity index (χ1v) is 5.76. The van der Waals surface area contributed by atoms with Gasteiger partial charge in [-0.1, -0.05) is 18.3 Å². The quantitative estimate of drug-likeness (QED) is 0.764. The number of amides is 2. The van der Waals surface area contributed by atoms with Gasteiger partial charge in [0, 0.05) is 6.04 Å². The average molecular weight is 242 g/mol. The molecule has 2 amide bonds. The first-order chi connectivity index (χ1) is 7.52. The van der Waals surface area contributed by atoms with Crippen molar-refractivity contribution >= 4 is 28.3 Å². The van der Waals surface area contributed by atoms with Crippen LogP contribution in [0.5, 0.6) is 0 Å². The predicted molar refractivity (Wildman–Crippen MR) is 61.2 cm³/mol. The number of nitrogens with zero attached hydrogens (tertiary/aromatic N) is 2. The van der Waals surface area contributed by atoms with Crippen LogP contribution in [-0.2, 0) is 9.59 Å². The minimum atomic E-state index is -0.712. The Morgan fingerprint density at radius 1 is 1.38 bits per heavy atom. The molecule has 0 spiro atoms. The van der Waals surface area contributed by atoms with Crippen molar-refractivity contribution in [3.8, 4) is 0 Å². The lowest BCUT2D eigenvalue weighted by Gasteiger charge is -2.09. The van der Waals surface area contributed by atoms with Gasteiger partial charge in [-0.05, 0) is 20.3 Å². The molecule has 1 rings (SSSR count). The summed E-state index contributed by atoms with van der Waals surface area (Å²) >= 11 is 1.22. The van der Waals surface area contributed by atoms with E-state index in [9.17, 15) is 9.59 Å². The molecule has 7 heteroatoms. The van der Waals surface area contributed by atoms with E-state index in [0.717, 1.165) is 11.4 Å². The third-order valence-electron chi connectivity index (χ3n) is 1.94. The van der Waals surface area contributed by atoms with Gasteiger partial charge in [0.2, 0.25) is 5.13 Å². The Kier molecular flexibility index (Phi) is 4.36. The van der Waals surface area contributed by atoms with Crippen molar-refractivity contribution in [2.24, 2.45) is 0 Å². The highest BCUT2D eigenvalue weighted by atomic mass is 32.1. The van der Waals surface area contributed by atoms with Gasteiger partial charge in [-0.25, -0.2) is 0 Å². The van der Waals surface area contributed by atoms with Crippen LogP contribution >= 0.6 is 11.3 Å². The number of carbonyl (C=O) groups excluding carboxylic acids is 2. The lowest BCUT2D eigenvalue weighted by Crippen LogP contribution is -2.40. The molecule has 1 atom stereocenters. The van der Waals surface area contributed by atoms with E-state index in [1.54, 1.807) is 6.92 Å². The lowest BCUT2D eigenvalue weighted by molar-refractivity contribution is -0.136. The number of hydrogen-bond acceptors (Lipinski definition) is 5. The molecule has 16 heavy (non-hydrogen) atoms. The molecule has 2 N–H and O–H groups in total. The number of rotatable bonds is 3. The summed E-state index contributed by atoms with van der Waals surface area (Å²) in [7, 11) is 0. The molecule has 0 aromatic carbocycles. The van der Waals surface area contributed by atoms with Gasteiger partial charge in [-0.15, -0.1) is 10.2 Å². The molecule has 0 unspecified atom stereocenters. The van der Waals surface area contributed by atoms with Gasteiger partial charge < -0.3 is 5.32 Å². The average Bonchev–Trinajstić information content (AvgIpc) is 2.63. The van der Waals surface area contributed by atoms with Crippen LogP contribution in [0.25, 0.3) is 0 Å². The van der Waals surface area contributed by atoms with E-state index in [4.69, 9.17) is 0 Å². The van der Waals surface area contributed by atoms with E-state index in [0.29, 0.717) is 5.13 Å². The Hall–Kier alpha value is -1.50. The molecule has 0 aliphatic heterocycles. The van der Waals surface area contributed by atoms with E-state index in [2.05, 4.69) is 20.8 Å². The third-order valence-corrected chi connectivity index (χ3v) is 2.70. The fourth-order valence-corrected chi connectivity index (χ4v) is 1.48. The van der Waals surface area contributed by atoms with Crippen LogP contribution in [0.4, 0.5) is 5.13 Å². The van der Waals surface area contributed by atoms with Crippen LogP contribution in [0, 0.1) is 6.92 Å². The van der Waals surface area contributed by atoms with Gasteiger partial charge >= 0.3 is 11.8 Å². The van der Waals surface area contributed by atoms with Crippen LogP contribution in [-0.4, -0.2) is 28.1 Å². The van der Waals surface area contributed by atoms with Gasteiger partial charge in [0.15, 0.2) is 0 Å². The Balaban J connectivity index is 2.49. The molecular formula is C9H14N4O2S. The predicted octanol–water partition coefficient (Wildman–Crippen LogP) is 0.700. The molecular weight excluding hydrogens is 228 g/mol. The smallest absolute Gasteiger partial charge is 0.315 e. The molecule has 0 fully saturated rings. The monoisotopic (exact) mass is 242 g/mol. The summed E-state index contributed by atoms with van der Waals surface area (Å²) in [5.74, 6) is -1.36. The highest BCUT2D eigenvalue weighted by Crippen LogP contribution is 2.13. The SMILES string of the molecule is CC[C@@H](C)NC(=O)C(=O)Nc1nnc(C)s1. The minimum absolute atomic E-state index is 0.0191. The summed E-state index contributed by atoms with van der Waals surface area (Å²) < 4.78 is 0. The first kappa shape index (κ1) is 12.6. The largest absolute Gasteiger partial charge is 0.345 e. The number of nitrogens with one attached hydrogen (secondary N) is 2. The van der Waals surface area contributed by atoms with Crippen molar-refractivity contribution in [2.45, 2.75) is 33.2 Å². The number of hydrogen-bond donors (Lipinski definition) is 2. The highest BCUT2D eigenvalue weighted by Gasteiger charge is 2.16. The second-order valence-electron chi connectivity index (χ2n) is 3.36. The van der Waals surface area contributed by atoms with Gasteiger partial charge in [0.1, 0.15) is 5.01 Å². The van der Waals surface area contributed by atoms with Crippen molar-refractivity contribution in [1.29, 1.82) is 0 Å². The molecule has 1 aromatic heterocycles. The number of aryl methyl sites for hydroxylation is 1. The summed E-state index contributed by atoms with van der Waals surface area (Å²) in [5, 5.41) is 13.4. The van der Waals surface area contributed by atoms with Crippen molar-refractivity contribution in [3.05, 3.63) is 5.01 Å². The zero-order valence-corrected chi connectivity index (χ0v) is 10.2.